The molecule has 2 N–H and O–H groups in total. The molecule has 20 heavy (non-hydrogen) atoms. The zero-order valence-electron chi connectivity index (χ0n) is 11.0. The summed E-state index contributed by atoms with van der Waals surface area (Å²) >= 11 is 0. The smallest absolute Gasteiger partial charge is 0.324 e. The number of hydrogen-bond donors (Lipinski definition) is 2. The third-order valence-electron chi connectivity index (χ3n) is 3.10. The molecule has 0 heterocycles. The monoisotopic (exact) mass is 280 g/mol. The first-order valence-electron chi connectivity index (χ1n) is 6.34. The number of nitro benzene ring substituents is 1. The Balaban J connectivity index is 2.07. The van der Waals surface area contributed by atoms with Gasteiger partial charge in [-0.05, 0) is 25.8 Å². The summed E-state index contributed by atoms with van der Waals surface area (Å²) in [5.74, 6) is -0.925. The van der Waals surface area contributed by atoms with Crippen LogP contribution >= 0.6 is 0 Å². The van der Waals surface area contributed by atoms with E-state index in [0.717, 1.165) is 12.8 Å². The Bertz CT molecular complexity index is 527. The van der Waals surface area contributed by atoms with Gasteiger partial charge in [0.1, 0.15) is 12.6 Å². The van der Waals surface area contributed by atoms with Crippen LogP contribution in [0.5, 0.6) is 5.75 Å². The summed E-state index contributed by atoms with van der Waals surface area (Å²) in [6, 6.07) is 4.08. The number of aliphatic carboxylic acids is 1. The van der Waals surface area contributed by atoms with Gasteiger partial charge in [0, 0.05) is 11.6 Å². The van der Waals surface area contributed by atoms with Gasteiger partial charge in [-0.2, -0.15) is 0 Å². The lowest BCUT2D eigenvalue weighted by atomic mass is 10.2. The SMILES string of the molecule is Cc1cccc(OCC(NC2CC2)C(=O)O)c1[N+](=O)[O-]. The standard InChI is InChI=1S/C13H16N2O5/c1-8-3-2-4-11(12(8)15(18)19)20-7-10(13(16)17)14-9-5-6-9/h2-4,9-10,14H,5-7H2,1H3,(H,16,17). The van der Waals surface area contributed by atoms with E-state index in [9.17, 15) is 14.9 Å². The minimum Gasteiger partial charge on any atom is -0.485 e. The molecule has 1 aliphatic rings. The average molecular weight is 280 g/mol. The van der Waals surface area contributed by atoms with Crippen LogP contribution in [0.15, 0.2) is 18.2 Å². The van der Waals surface area contributed by atoms with E-state index in [1.54, 1.807) is 19.1 Å². The largest absolute Gasteiger partial charge is 0.485 e. The Kier molecular flexibility index (Phi) is 4.19. The first kappa shape index (κ1) is 14.3. The molecule has 1 unspecified atom stereocenters. The number of nitro groups is 1. The fourth-order valence-electron chi connectivity index (χ4n) is 1.88. The van der Waals surface area contributed by atoms with Crippen molar-refractivity contribution < 1.29 is 19.6 Å². The van der Waals surface area contributed by atoms with Crippen LogP contribution < -0.4 is 10.1 Å². The first-order valence-corrected chi connectivity index (χ1v) is 6.34. The Morgan fingerprint density at radius 1 is 1.60 bits per heavy atom. The number of rotatable bonds is 7. The van der Waals surface area contributed by atoms with Gasteiger partial charge in [-0.15, -0.1) is 0 Å². The fourth-order valence-corrected chi connectivity index (χ4v) is 1.88. The highest BCUT2D eigenvalue weighted by molar-refractivity contribution is 5.73. The van der Waals surface area contributed by atoms with Gasteiger partial charge in [-0.25, -0.2) is 0 Å². The van der Waals surface area contributed by atoms with Gasteiger partial charge in [0.15, 0.2) is 5.75 Å². The second kappa shape index (κ2) is 5.87. The molecule has 1 saturated carbocycles. The van der Waals surface area contributed by atoms with Crippen LogP contribution in [-0.2, 0) is 4.79 Å². The predicted octanol–water partition coefficient (Wildman–Crippen LogP) is 1.49. The number of nitrogens with one attached hydrogen (secondary N) is 1. The van der Waals surface area contributed by atoms with E-state index >= 15 is 0 Å². The molecule has 7 heteroatoms. The number of carbonyl (C=O) groups is 1. The molecule has 7 nitrogen and oxygen atoms in total. The lowest BCUT2D eigenvalue weighted by molar-refractivity contribution is -0.386. The van der Waals surface area contributed by atoms with E-state index in [0.29, 0.717) is 5.56 Å². The van der Waals surface area contributed by atoms with E-state index in [1.165, 1.54) is 6.07 Å². The number of carboxylic acid groups (broad SMARTS) is 1. The third kappa shape index (κ3) is 3.45. The quantitative estimate of drug-likeness (QED) is 0.579. The molecule has 0 radical (unpaired) electrons. The number of aryl methyl sites for hydroxylation is 1. The van der Waals surface area contributed by atoms with Gasteiger partial charge in [-0.3, -0.25) is 20.2 Å². The van der Waals surface area contributed by atoms with Gasteiger partial charge >= 0.3 is 11.7 Å². The fraction of sp³-hybridized carbons (Fsp3) is 0.462. The highest BCUT2D eigenvalue weighted by Gasteiger charge is 2.29. The number of carboxylic acids is 1. The van der Waals surface area contributed by atoms with E-state index < -0.39 is 16.9 Å². The van der Waals surface area contributed by atoms with Crippen LogP contribution in [-0.4, -0.2) is 34.7 Å². The lowest BCUT2D eigenvalue weighted by Gasteiger charge is -2.15. The molecule has 0 spiro atoms. The number of benzene rings is 1. The molecule has 0 aromatic heterocycles. The molecule has 108 valence electrons. The number of para-hydroxylation sites is 1. The van der Waals surface area contributed by atoms with E-state index in [2.05, 4.69) is 5.32 Å². The van der Waals surface area contributed by atoms with E-state index in [4.69, 9.17) is 9.84 Å². The van der Waals surface area contributed by atoms with Gasteiger partial charge < -0.3 is 9.84 Å². The van der Waals surface area contributed by atoms with E-state index in [-0.39, 0.29) is 24.1 Å². The molecule has 1 atom stereocenters. The number of ether oxygens (including phenoxy) is 1. The Labute approximate surface area is 115 Å². The van der Waals surface area contributed by atoms with Crippen LogP contribution in [0, 0.1) is 17.0 Å². The van der Waals surface area contributed by atoms with Crippen LogP contribution in [0.2, 0.25) is 0 Å². The summed E-state index contributed by atoms with van der Waals surface area (Å²) in [5.41, 5.74) is 0.359. The molecule has 1 fully saturated rings. The maximum atomic E-state index is 11.1. The lowest BCUT2D eigenvalue weighted by Crippen LogP contribution is -2.42. The minimum absolute atomic E-state index is 0.0962. The molecule has 0 saturated heterocycles. The van der Waals surface area contributed by atoms with Gasteiger partial charge in [0.05, 0.1) is 4.92 Å². The van der Waals surface area contributed by atoms with Crippen molar-refractivity contribution in [2.75, 3.05) is 6.61 Å². The predicted molar refractivity (Wildman–Crippen MR) is 70.9 cm³/mol. The first-order chi connectivity index (χ1) is 9.49. The number of nitrogens with zero attached hydrogens (tertiary/aromatic N) is 1. The molecular weight excluding hydrogens is 264 g/mol. The van der Waals surface area contributed by atoms with Gasteiger partial charge in [0.25, 0.3) is 0 Å². The van der Waals surface area contributed by atoms with Crippen molar-refractivity contribution in [2.45, 2.75) is 31.8 Å². The molecule has 1 aromatic carbocycles. The summed E-state index contributed by atoms with van der Waals surface area (Å²) < 4.78 is 5.35. The normalized spacial score (nSPS) is 15.7. The van der Waals surface area contributed by atoms with Crippen molar-refractivity contribution in [2.24, 2.45) is 0 Å². The molecule has 0 bridgehead atoms. The third-order valence-corrected chi connectivity index (χ3v) is 3.10. The summed E-state index contributed by atoms with van der Waals surface area (Å²) in [4.78, 5) is 21.6. The van der Waals surface area contributed by atoms with Crippen LogP contribution in [0.1, 0.15) is 18.4 Å². The van der Waals surface area contributed by atoms with Gasteiger partial charge in [0.2, 0.25) is 0 Å². The highest BCUT2D eigenvalue weighted by atomic mass is 16.6. The zero-order chi connectivity index (χ0) is 14.7. The molecule has 1 aliphatic carbocycles. The maximum Gasteiger partial charge on any atom is 0.324 e. The molecule has 2 rings (SSSR count). The molecule has 0 amide bonds. The van der Waals surface area contributed by atoms with Crippen molar-refractivity contribution in [3.05, 3.63) is 33.9 Å². The van der Waals surface area contributed by atoms with Crippen molar-refractivity contribution in [3.63, 3.8) is 0 Å². The maximum absolute atomic E-state index is 11.1. The second-order valence-electron chi connectivity index (χ2n) is 4.82. The van der Waals surface area contributed by atoms with Crippen LogP contribution in [0.25, 0.3) is 0 Å². The summed E-state index contributed by atoms with van der Waals surface area (Å²) in [6.07, 6.45) is 1.91. The van der Waals surface area contributed by atoms with Crippen LogP contribution in [0.4, 0.5) is 5.69 Å². The zero-order valence-corrected chi connectivity index (χ0v) is 11.0. The topological polar surface area (TPSA) is 102 Å². The Morgan fingerprint density at radius 3 is 2.85 bits per heavy atom. The van der Waals surface area contributed by atoms with Crippen molar-refractivity contribution in [1.82, 2.24) is 5.32 Å². The average Bonchev–Trinajstić information content (AvgIpc) is 3.17. The summed E-state index contributed by atoms with van der Waals surface area (Å²) in [6.45, 7) is 1.47. The van der Waals surface area contributed by atoms with Crippen LogP contribution in [0.3, 0.4) is 0 Å². The van der Waals surface area contributed by atoms with Crippen molar-refractivity contribution in [1.29, 1.82) is 0 Å². The van der Waals surface area contributed by atoms with Crippen molar-refractivity contribution in [3.8, 4) is 5.75 Å². The van der Waals surface area contributed by atoms with Gasteiger partial charge in [-0.1, -0.05) is 12.1 Å². The molecule has 1 aromatic rings. The number of hydrogen-bond acceptors (Lipinski definition) is 5. The second-order valence-corrected chi connectivity index (χ2v) is 4.82. The summed E-state index contributed by atoms with van der Waals surface area (Å²) in [5, 5.41) is 23.0. The Hall–Kier alpha value is -2.15. The minimum atomic E-state index is -1.02. The molecule has 0 aliphatic heterocycles. The summed E-state index contributed by atoms with van der Waals surface area (Å²) in [7, 11) is 0. The molecular formula is C13H16N2O5. The highest BCUT2D eigenvalue weighted by Crippen LogP contribution is 2.30. The Morgan fingerprint density at radius 2 is 2.30 bits per heavy atom. The van der Waals surface area contributed by atoms with Crippen molar-refractivity contribution >= 4 is 11.7 Å². The van der Waals surface area contributed by atoms with E-state index in [1.807, 2.05) is 0 Å².